The molecule has 0 saturated carbocycles. The maximum atomic E-state index is 12.4. The van der Waals surface area contributed by atoms with Crippen molar-refractivity contribution in [2.75, 3.05) is 36.5 Å². The minimum Gasteiger partial charge on any atom is -0.479 e. The summed E-state index contributed by atoms with van der Waals surface area (Å²) in [5.41, 5.74) is 1.83. The summed E-state index contributed by atoms with van der Waals surface area (Å²) in [6.07, 6.45) is -0.288. The van der Waals surface area contributed by atoms with Crippen molar-refractivity contribution in [3.05, 3.63) is 54.6 Å². The second-order valence-electron chi connectivity index (χ2n) is 6.57. The number of benzene rings is 2. The summed E-state index contributed by atoms with van der Waals surface area (Å²) in [6.45, 7) is 3.33. The Morgan fingerprint density at radius 2 is 1.85 bits per heavy atom. The van der Waals surface area contributed by atoms with Gasteiger partial charge in [0.1, 0.15) is 5.75 Å². The first kappa shape index (κ1) is 18.8. The molecular weight excluding hydrogens is 342 g/mol. The lowest BCUT2D eigenvalue weighted by Crippen LogP contribution is -2.46. The fraction of sp³-hybridized carbons (Fsp3) is 0.333. The largest absolute Gasteiger partial charge is 0.479 e. The summed E-state index contributed by atoms with van der Waals surface area (Å²) >= 11 is 0. The van der Waals surface area contributed by atoms with Crippen LogP contribution in [0.15, 0.2) is 54.6 Å². The molecule has 1 atom stereocenters. The quantitative estimate of drug-likeness (QED) is 0.817. The van der Waals surface area contributed by atoms with Gasteiger partial charge in [0.25, 0.3) is 5.91 Å². The minimum absolute atomic E-state index is 0.0686. The first-order valence-electron chi connectivity index (χ1n) is 9.16. The van der Waals surface area contributed by atoms with Gasteiger partial charge in [-0.05, 0) is 31.2 Å². The summed E-state index contributed by atoms with van der Waals surface area (Å²) in [7, 11) is 1.99. The number of carbonyl (C=O) groups is 2. The third kappa shape index (κ3) is 4.58. The average molecular weight is 367 g/mol. The Bertz CT molecular complexity index is 794. The molecular formula is C21H25N3O3. The van der Waals surface area contributed by atoms with E-state index in [0.29, 0.717) is 25.4 Å². The van der Waals surface area contributed by atoms with Crippen LogP contribution in [0.1, 0.15) is 13.3 Å². The Hall–Kier alpha value is -3.02. The molecule has 0 spiro atoms. The molecule has 2 aromatic rings. The SMILES string of the molecule is CC1Oc2ccccc2N(CCC(=O)NCCN(C)c2ccccc2)C1=O. The molecule has 1 N–H and O–H groups in total. The van der Waals surface area contributed by atoms with Crippen LogP contribution < -0.4 is 19.9 Å². The standard InChI is InChI=1S/C21H25N3O3/c1-16-21(26)24(18-10-6-7-11-19(18)27-16)14-12-20(25)22-13-15-23(2)17-8-4-3-5-9-17/h3-11,16H,12-15H2,1-2H3,(H,22,25). The van der Waals surface area contributed by atoms with Gasteiger partial charge in [-0.1, -0.05) is 30.3 Å². The molecule has 0 saturated heterocycles. The molecule has 0 fully saturated rings. The number of para-hydroxylation sites is 3. The topological polar surface area (TPSA) is 61.9 Å². The normalized spacial score (nSPS) is 15.7. The Balaban J connectivity index is 1.48. The van der Waals surface area contributed by atoms with Crippen LogP contribution in [0.2, 0.25) is 0 Å². The highest BCUT2D eigenvalue weighted by Gasteiger charge is 2.31. The molecule has 1 heterocycles. The number of rotatable bonds is 7. The summed E-state index contributed by atoms with van der Waals surface area (Å²) in [6, 6.07) is 17.4. The van der Waals surface area contributed by atoms with Crippen molar-refractivity contribution in [3.8, 4) is 5.75 Å². The lowest BCUT2D eigenvalue weighted by atomic mass is 10.1. The van der Waals surface area contributed by atoms with Crippen molar-refractivity contribution in [2.24, 2.45) is 0 Å². The smallest absolute Gasteiger partial charge is 0.267 e. The van der Waals surface area contributed by atoms with Gasteiger partial charge < -0.3 is 19.9 Å². The van der Waals surface area contributed by atoms with Crippen LogP contribution in [0, 0.1) is 0 Å². The summed E-state index contributed by atoms with van der Waals surface area (Å²) in [4.78, 5) is 28.4. The average Bonchev–Trinajstić information content (AvgIpc) is 2.69. The Morgan fingerprint density at radius 1 is 1.15 bits per heavy atom. The maximum Gasteiger partial charge on any atom is 0.267 e. The van der Waals surface area contributed by atoms with Gasteiger partial charge in [-0.2, -0.15) is 0 Å². The molecule has 0 radical (unpaired) electrons. The number of nitrogens with zero attached hydrogens (tertiary/aromatic N) is 2. The molecule has 6 nitrogen and oxygen atoms in total. The zero-order valence-corrected chi connectivity index (χ0v) is 15.7. The van der Waals surface area contributed by atoms with E-state index in [0.717, 1.165) is 11.4 Å². The predicted octanol–water partition coefficient (Wildman–Crippen LogP) is 2.44. The first-order valence-corrected chi connectivity index (χ1v) is 9.16. The number of carbonyl (C=O) groups excluding carboxylic acids is 2. The number of hydrogen-bond acceptors (Lipinski definition) is 4. The maximum absolute atomic E-state index is 12.4. The third-order valence-corrected chi connectivity index (χ3v) is 4.60. The second kappa shape index (κ2) is 8.58. The number of likely N-dealkylation sites (N-methyl/N-ethyl adjacent to an activating group) is 1. The number of fused-ring (bicyclic) bond motifs is 1. The number of nitrogens with one attached hydrogen (secondary N) is 1. The highest BCUT2D eigenvalue weighted by atomic mass is 16.5. The van der Waals surface area contributed by atoms with E-state index in [1.54, 1.807) is 11.8 Å². The van der Waals surface area contributed by atoms with Crippen LogP contribution in [0.5, 0.6) is 5.75 Å². The van der Waals surface area contributed by atoms with Gasteiger partial charge in [0.05, 0.1) is 5.69 Å². The van der Waals surface area contributed by atoms with Gasteiger partial charge in [-0.3, -0.25) is 9.59 Å². The number of anilines is 2. The van der Waals surface area contributed by atoms with Gasteiger partial charge in [0.15, 0.2) is 6.10 Å². The van der Waals surface area contributed by atoms with Crippen molar-refractivity contribution >= 4 is 23.2 Å². The Morgan fingerprint density at radius 3 is 2.63 bits per heavy atom. The molecule has 1 aliphatic heterocycles. The molecule has 1 unspecified atom stereocenters. The van der Waals surface area contributed by atoms with Gasteiger partial charge in [0.2, 0.25) is 5.91 Å². The third-order valence-electron chi connectivity index (χ3n) is 4.60. The van der Waals surface area contributed by atoms with E-state index in [9.17, 15) is 9.59 Å². The summed E-state index contributed by atoms with van der Waals surface area (Å²) in [5, 5.41) is 2.92. The van der Waals surface area contributed by atoms with Crippen LogP contribution in [-0.4, -0.2) is 44.6 Å². The van der Waals surface area contributed by atoms with Crippen LogP contribution >= 0.6 is 0 Å². The van der Waals surface area contributed by atoms with E-state index in [1.807, 2.05) is 61.6 Å². The molecule has 0 bridgehead atoms. The fourth-order valence-electron chi connectivity index (χ4n) is 3.07. The van der Waals surface area contributed by atoms with Crippen LogP contribution in [0.4, 0.5) is 11.4 Å². The highest BCUT2D eigenvalue weighted by molar-refractivity contribution is 6.00. The van der Waals surface area contributed by atoms with Gasteiger partial charge >= 0.3 is 0 Å². The lowest BCUT2D eigenvalue weighted by molar-refractivity contribution is -0.125. The zero-order valence-electron chi connectivity index (χ0n) is 15.7. The number of ether oxygens (including phenoxy) is 1. The zero-order chi connectivity index (χ0) is 19.2. The predicted molar refractivity (Wildman–Crippen MR) is 106 cm³/mol. The Labute approximate surface area is 159 Å². The summed E-state index contributed by atoms with van der Waals surface area (Å²) < 4.78 is 5.62. The van der Waals surface area contributed by atoms with E-state index in [1.165, 1.54) is 0 Å². The van der Waals surface area contributed by atoms with Gasteiger partial charge in [0, 0.05) is 38.8 Å². The molecule has 6 heteroatoms. The van der Waals surface area contributed by atoms with E-state index in [2.05, 4.69) is 10.2 Å². The van der Waals surface area contributed by atoms with Crippen molar-refractivity contribution in [1.29, 1.82) is 0 Å². The molecule has 2 amide bonds. The monoisotopic (exact) mass is 367 g/mol. The van der Waals surface area contributed by atoms with Crippen molar-refractivity contribution in [1.82, 2.24) is 5.32 Å². The second-order valence-corrected chi connectivity index (χ2v) is 6.57. The first-order chi connectivity index (χ1) is 13.1. The molecule has 3 rings (SSSR count). The Kier molecular flexibility index (Phi) is 5.96. The number of hydrogen-bond donors (Lipinski definition) is 1. The van der Waals surface area contributed by atoms with Crippen LogP contribution in [-0.2, 0) is 9.59 Å². The van der Waals surface area contributed by atoms with Crippen molar-refractivity contribution in [2.45, 2.75) is 19.4 Å². The molecule has 142 valence electrons. The molecule has 2 aromatic carbocycles. The van der Waals surface area contributed by atoms with E-state index in [-0.39, 0.29) is 18.2 Å². The lowest BCUT2D eigenvalue weighted by Gasteiger charge is -2.32. The van der Waals surface area contributed by atoms with Crippen molar-refractivity contribution in [3.63, 3.8) is 0 Å². The van der Waals surface area contributed by atoms with Crippen LogP contribution in [0.3, 0.4) is 0 Å². The van der Waals surface area contributed by atoms with Crippen molar-refractivity contribution < 1.29 is 14.3 Å². The van der Waals surface area contributed by atoms with E-state index >= 15 is 0 Å². The molecule has 0 aliphatic carbocycles. The number of amides is 2. The minimum atomic E-state index is -0.539. The molecule has 1 aliphatic rings. The van der Waals surface area contributed by atoms with E-state index < -0.39 is 6.10 Å². The van der Waals surface area contributed by atoms with Crippen LogP contribution in [0.25, 0.3) is 0 Å². The fourth-order valence-corrected chi connectivity index (χ4v) is 3.07. The molecule has 27 heavy (non-hydrogen) atoms. The highest BCUT2D eigenvalue weighted by Crippen LogP contribution is 2.33. The van der Waals surface area contributed by atoms with Gasteiger partial charge in [-0.25, -0.2) is 0 Å². The summed E-state index contributed by atoms with van der Waals surface area (Å²) in [5.74, 6) is 0.487. The van der Waals surface area contributed by atoms with E-state index in [4.69, 9.17) is 4.74 Å². The molecule has 0 aromatic heterocycles. The van der Waals surface area contributed by atoms with Gasteiger partial charge in [-0.15, -0.1) is 0 Å².